The van der Waals surface area contributed by atoms with Gasteiger partial charge in [-0.3, -0.25) is 4.79 Å². The van der Waals surface area contributed by atoms with Crippen LogP contribution in [0.4, 0.5) is 0 Å². The molecular formula is C16H23NO2. The largest absolute Gasteiger partial charge is 0.490 e. The molecule has 1 aliphatic rings. The smallest absolute Gasteiger partial charge is 0.167 e. The quantitative estimate of drug-likeness (QED) is 0.768. The van der Waals surface area contributed by atoms with Crippen LogP contribution in [0.5, 0.6) is 5.75 Å². The van der Waals surface area contributed by atoms with E-state index in [1.807, 2.05) is 24.3 Å². The number of carbonyl (C=O) groups is 1. The first-order valence-corrected chi connectivity index (χ1v) is 7.11. The molecule has 2 rings (SSSR count). The number of nitrogens with two attached hydrogens (primary N) is 1. The van der Waals surface area contributed by atoms with Gasteiger partial charge in [0.25, 0.3) is 0 Å². The van der Waals surface area contributed by atoms with Crippen LogP contribution in [0.2, 0.25) is 0 Å². The molecule has 0 radical (unpaired) electrons. The molecule has 1 fully saturated rings. The summed E-state index contributed by atoms with van der Waals surface area (Å²) in [4.78, 5) is 12.4. The topological polar surface area (TPSA) is 52.3 Å². The van der Waals surface area contributed by atoms with E-state index in [2.05, 4.69) is 13.8 Å². The average Bonchev–Trinajstić information content (AvgIpc) is 3.19. The molecule has 1 aromatic rings. The Labute approximate surface area is 115 Å². The summed E-state index contributed by atoms with van der Waals surface area (Å²) in [6, 6.07) is 7.50. The van der Waals surface area contributed by atoms with Gasteiger partial charge in [-0.2, -0.15) is 0 Å². The summed E-state index contributed by atoms with van der Waals surface area (Å²) in [5.74, 6) is 1.32. The monoisotopic (exact) mass is 261 g/mol. The summed E-state index contributed by atoms with van der Waals surface area (Å²) in [6.07, 6.45) is 3.43. The zero-order valence-corrected chi connectivity index (χ0v) is 11.8. The van der Waals surface area contributed by atoms with Gasteiger partial charge in [0.05, 0.1) is 6.10 Å². The van der Waals surface area contributed by atoms with E-state index in [1.165, 1.54) is 0 Å². The standard InChI is InChI=1S/C16H23NO2/c1-11(2)8-13(10-17)16(18)12-4-3-5-15(9-12)19-14-6-7-14/h3-5,9,11,13-14H,6-8,10,17H2,1-2H3. The second kappa shape index (κ2) is 6.20. The molecular weight excluding hydrogens is 238 g/mol. The molecule has 104 valence electrons. The van der Waals surface area contributed by atoms with Crippen molar-refractivity contribution in [3.63, 3.8) is 0 Å². The molecule has 1 aliphatic carbocycles. The predicted molar refractivity (Wildman–Crippen MR) is 76.4 cm³/mol. The summed E-state index contributed by atoms with van der Waals surface area (Å²) in [6.45, 7) is 4.63. The Morgan fingerprint density at radius 2 is 2.16 bits per heavy atom. The molecule has 1 atom stereocenters. The van der Waals surface area contributed by atoms with Crippen LogP contribution < -0.4 is 10.5 Å². The maximum absolute atomic E-state index is 12.4. The van der Waals surface area contributed by atoms with Gasteiger partial charge in [0.2, 0.25) is 0 Å². The van der Waals surface area contributed by atoms with E-state index >= 15 is 0 Å². The highest BCUT2D eigenvalue weighted by Crippen LogP contribution is 2.28. The highest BCUT2D eigenvalue weighted by atomic mass is 16.5. The summed E-state index contributed by atoms with van der Waals surface area (Å²) < 4.78 is 5.73. The summed E-state index contributed by atoms with van der Waals surface area (Å²) in [7, 11) is 0. The molecule has 1 aromatic carbocycles. The van der Waals surface area contributed by atoms with Crippen LogP contribution >= 0.6 is 0 Å². The van der Waals surface area contributed by atoms with E-state index in [9.17, 15) is 4.79 Å². The van der Waals surface area contributed by atoms with Crippen LogP contribution in [-0.4, -0.2) is 18.4 Å². The summed E-state index contributed by atoms with van der Waals surface area (Å²) >= 11 is 0. The average molecular weight is 261 g/mol. The zero-order chi connectivity index (χ0) is 13.8. The van der Waals surface area contributed by atoms with E-state index in [0.29, 0.717) is 24.1 Å². The van der Waals surface area contributed by atoms with Gasteiger partial charge in [-0.05, 0) is 37.3 Å². The molecule has 19 heavy (non-hydrogen) atoms. The lowest BCUT2D eigenvalue weighted by molar-refractivity contribution is 0.0908. The van der Waals surface area contributed by atoms with E-state index in [0.717, 1.165) is 25.0 Å². The third-order valence-electron chi connectivity index (χ3n) is 3.36. The fourth-order valence-electron chi connectivity index (χ4n) is 2.22. The van der Waals surface area contributed by atoms with Crippen molar-refractivity contribution in [3.05, 3.63) is 29.8 Å². The number of ether oxygens (including phenoxy) is 1. The van der Waals surface area contributed by atoms with Gasteiger partial charge < -0.3 is 10.5 Å². The van der Waals surface area contributed by atoms with Gasteiger partial charge in [0.1, 0.15) is 5.75 Å². The highest BCUT2D eigenvalue weighted by molar-refractivity contribution is 5.98. The first kappa shape index (κ1) is 14.1. The number of hydrogen-bond acceptors (Lipinski definition) is 3. The Bertz CT molecular complexity index is 438. The Morgan fingerprint density at radius 1 is 1.42 bits per heavy atom. The lowest BCUT2D eigenvalue weighted by atomic mass is 9.90. The molecule has 0 spiro atoms. The van der Waals surface area contributed by atoms with E-state index in [-0.39, 0.29) is 11.7 Å². The normalized spacial score (nSPS) is 16.4. The predicted octanol–water partition coefficient (Wildman–Crippen LogP) is 3.03. The Hall–Kier alpha value is -1.35. The van der Waals surface area contributed by atoms with Crippen molar-refractivity contribution >= 4 is 5.78 Å². The fraction of sp³-hybridized carbons (Fsp3) is 0.562. The number of carbonyl (C=O) groups excluding carboxylic acids is 1. The van der Waals surface area contributed by atoms with Crippen molar-refractivity contribution in [1.29, 1.82) is 0 Å². The van der Waals surface area contributed by atoms with Gasteiger partial charge in [-0.1, -0.05) is 26.0 Å². The highest BCUT2D eigenvalue weighted by Gasteiger charge is 2.24. The van der Waals surface area contributed by atoms with Crippen molar-refractivity contribution in [2.24, 2.45) is 17.6 Å². The molecule has 1 saturated carbocycles. The minimum Gasteiger partial charge on any atom is -0.490 e. The molecule has 0 saturated heterocycles. The Balaban J connectivity index is 2.07. The number of rotatable bonds is 7. The third kappa shape index (κ3) is 4.06. The van der Waals surface area contributed by atoms with Crippen molar-refractivity contribution in [2.75, 3.05) is 6.54 Å². The van der Waals surface area contributed by atoms with Crippen LogP contribution in [0, 0.1) is 11.8 Å². The zero-order valence-electron chi connectivity index (χ0n) is 11.8. The van der Waals surface area contributed by atoms with Crippen molar-refractivity contribution in [2.45, 2.75) is 39.2 Å². The lowest BCUT2D eigenvalue weighted by Crippen LogP contribution is -2.25. The number of Topliss-reactive ketones (excluding diaryl/α,β-unsaturated/α-hetero) is 1. The third-order valence-corrected chi connectivity index (χ3v) is 3.36. The van der Waals surface area contributed by atoms with Crippen molar-refractivity contribution < 1.29 is 9.53 Å². The Morgan fingerprint density at radius 3 is 2.74 bits per heavy atom. The molecule has 2 N–H and O–H groups in total. The molecule has 3 nitrogen and oxygen atoms in total. The second-order valence-corrected chi connectivity index (χ2v) is 5.77. The van der Waals surface area contributed by atoms with Gasteiger partial charge in [0, 0.05) is 18.0 Å². The Kier molecular flexibility index (Phi) is 4.59. The number of ketones is 1. The molecule has 0 aliphatic heterocycles. The van der Waals surface area contributed by atoms with Gasteiger partial charge in [0.15, 0.2) is 5.78 Å². The number of benzene rings is 1. The molecule has 0 bridgehead atoms. The van der Waals surface area contributed by atoms with Crippen molar-refractivity contribution in [1.82, 2.24) is 0 Å². The van der Waals surface area contributed by atoms with Crippen LogP contribution in [0.1, 0.15) is 43.5 Å². The van der Waals surface area contributed by atoms with Gasteiger partial charge >= 0.3 is 0 Å². The maximum Gasteiger partial charge on any atom is 0.167 e. The summed E-state index contributed by atoms with van der Waals surface area (Å²) in [5.41, 5.74) is 6.45. The first-order valence-electron chi connectivity index (χ1n) is 7.11. The van der Waals surface area contributed by atoms with Crippen molar-refractivity contribution in [3.8, 4) is 5.75 Å². The van der Waals surface area contributed by atoms with Gasteiger partial charge in [-0.15, -0.1) is 0 Å². The van der Waals surface area contributed by atoms with Crippen LogP contribution in [0.15, 0.2) is 24.3 Å². The van der Waals surface area contributed by atoms with Crippen LogP contribution in [-0.2, 0) is 0 Å². The van der Waals surface area contributed by atoms with Gasteiger partial charge in [-0.25, -0.2) is 0 Å². The number of hydrogen-bond donors (Lipinski definition) is 1. The second-order valence-electron chi connectivity index (χ2n) is 5.77. The molecule has 0 amide bonds. The molecule has 0 heterocycles. The maximum atomic E-state index is 12.4. The molecule has 1 unspecified atom stereocenters. The fourth-order valence-corrected chi connectivity index (χ4v) is 2.22. The van der Waals surface area contributed by atoms with E-state index in [4.69, 9.17) is 10.5 Å². The summed E-state index contributed by atoms with van der Waals surface area (Å²) in [5, 5.41) is 0. The molecule has 3 heteroatoms. The lowest BCUT2D eigenvalue weighted by Gasteiger charge is -2.16. The minimum atomic E-state index is -0.0869. The van der Waals surface area contributed by atoms with E-state index in [1.54, 1.807) is 0 Å². The van der Waals surface area contributed by atoms with Crippen LogP contribution in [0.3, 0.4) is 0 Å². The molecule has 0 aromatic heterocycles. The minimum absolute atomic E-state index is 0.0869. The first-order chi connectivity index (χ1) is 9.10. The van der Waals surface area contributed by atoms with Crippen LogP contribution in [0.25, 0.3) is 0 Å². The van der Waals surface area contributed by atoms with E-state index < -0.39 is 0 Å². The SMILES string of the molecule is CC(C)CC(CN)C(=O)c1cccc(OC2CC2)c1.